The van der Waals surface area contributed by atoms with Gasteiger partial charge in [-0.2, -0.15) is 0 Å². The summed E-state index contributed by atoms with van der Waals surface area (Å²) in [6.07, 6.45) is 2.13. The Kier molecular flexibility index (Phi) is 3.78. The molecule has 0 radical (unpaired) electrons. The highest BCUT2D eigenvalue weighted by Crippen LogP contribution is 2.23. The number of aryl methyl sites for hydroxylation is 1. The number of hydrogen-bond donors (Lipinski definition) is 0. The van der Waals surface area contributed by atoms with Crippen LogP contribution >= 0.6 is 0 Å². The van der Waals surface area contributed by atoms with E-state index in [0.29, 0.717) is 17.4 Å². The second kappa shape index (κ2) is 5.72. The molecule has 21 heavy (non-hydrogen) atoms. The smallest absolute Gasteiger partial charge is 0.276 e. The third-order valence-corrected chi connectivity index (χ3v) is 4.10. The molecule has 2 heterocycles. The number of amides is 1. The van der Waals surface area contributed by atoms with Crippen LogP contribution in [-0.2, 0) is 0 Å². The quantitative estimate of drug-likeness (QED) is 0.847. The molecule has 1 aliphatic rings. The molecule has 0 unspecified atom stereocenters. The SMILES string of the molecule is Cc1cccc(-c2cc(C(=O)N3CCC(C)CC3)no2)c1. The average molecular weight is 284 g/mol. The van der Waals surface area contributed by atoms with Gasteiger partial charge in [-0.05, 0) is 31.7 Å². The van der Waals surface area contributed by atoms with Crippen molar-refractivity contribution in [1.29, 1.82) is 0 Å². The van der Waals surface area contributed by atoms with Crippen LogP contribution in [0.5, 0.6) is 0 Å². The van der Waals surface area contributed by atoms with Crippen molar-refractivity contribution in [2.45, 2.75) is 26.7 Å². The van der Waals surface area contributed by atoms with Gasteiger partial charge in [0.2, 0.25) is 0 Å². The van der Waals surface area contributed by atoms with E-state index in [1.54, 1.807) is 6.07 Å². The minimum Gasteiger partial charge on any atom is -0.355 e. The number of nitrogens with zero attached hydrogens (tertiary/aromatic N) is 2. The predicted molar refractivity (Wildman–Crippen MR) is 81.0 cm³/mol. The second-order valence-corrected chi connectivity index (χ2v) is 5.92. The topological polar surface area (TPSA) is 46.3 Å². The highest BCUT2D eigenvalue weighted by molar-refractivity contribution is 5.93. The van der Waals surface area contributed by atoms with E-state index in [-0.39, 0.29) is 5.91 Å². The number of carbonyl (C=O) groups is 1. The number of benzene rings is 1. The van der Waals surface area contributed by atoms with Gasteiger partial charge in [0.05, 0.1) is 0 Å². The summed E-state index contributed by atoms with van der Waals surface area (Å²) in [5.41, 5.74) is 2.51. The Bertz CT molecular complexity index is 640. The van der Waals surface area contributed by atoms with E-state index in [2.05, 4.69) is 12.1 Å². The van der Waals surface area contributed by atoms with E-state index in [9.17, 15) is 4.79 Å². The molecule has 1 aromatic carbocycles. The normalized spacial score (nSPS) is 16.2. The van der Waals surface area contributed by atoms with Gasteiger partial charge in [0.15, 0.2) is 11.5 Å². The predicted octanol–water partition coefficient (Wildman–Crippen LogP) is 3.52. The van der Waals surface area contributed by atoms with Crippen LogP contribution in [0.4, 0.5) is 0 Å². The third kappa shape index (κ3) is 2.99. The fraction of sp³-hybridized carbons (Fsp3) is 0.412. The van der Waals surface area contributed by atoms with Gasteiger partial charge in [0.1, 0.15) is 0 Å². The summed E-state index contributed by atoms with van der Waals surface area (Å²) in [5, 5.41) is 3.95. The van der Waals surface area contributed by atoms with Gasteiger partial charge in [-0.1, -0.05) is 35.8 Å². The Hall–Kier alpha value is -2.10. The molecule has 0 aliphatic carbocycles. The summed E-state index contributed by atoms with van der Waals surface area (Å²) in [5.74, 6) is 1.33. The molecule has 1 aromatic heterocycles. The van der Waals surface area contributed by atoms with E-state index >= 15 is 0 Å². The maximum atomic E-state index is 12.4. The zero-order chi connectivity index (χ0) is 14.8. The first-order valence-electron chi connectivity index (χ1n) is 7.46. The summed E-state index contributed by atoms with van der Waals surface area (Å²) in [4.78, 5) is 14.3. The number of likely N-dealkylation sites (tertiary alicyclic amines) is 1. The van der Waals surface area contributed by atoms with E-state index in [1.165, 1.54) is 0 Å². The molecule has 1 amide bonds. The van der Waals surface area contributed by atoms with Gasteiger partial charge in [-0.3, -0.25) is 4.79 Å². The molecular formula is C17H20N2O2. The number of rotatable bonds is 2. The first-order chi connectivity index (χ1) is 10.1. The van der Waals surface area contributed by atoms with Crippen LogP contribution < -0.4 is 0 Å². The summed E-state index contributed by atoms with van der Waals surface area (Å²) >= 11 is 0. The lowest BCUT2D eigenvalue weighted by Gasteiger charge is -2.29. The number of piperidine rings is 1. The minimum atomic E-state index is -0.0236. The van der Waals surface area contributed by atoms with Gasteiger partial charge in [-0.15, -0.1) is 0 Å². The van der Waals surface area contributed by atoms with Gasteiger partial charge >= 0.3 is 0 Å². The number of hydrogen-bond acceptors (Lipinski definition) is 3. The molecule has 0 atom stereocenters. The van der Waals surface area contributed by atoms with Crippen LogP contribution in [0.3, 0.4) is 0 Å². The lowest BCUT2D eigenvalue weighted by atomic mass is 9.99. The zero-order valence-corrected chi connectivity index (χ0v) is 12.5. The first-order valence-corrected chi connectivity index (χ1v) is 7.46. The lowest BCUT2D eigenvalue weighted by molar-refractivity contribution is 0.0687. The summed E-state index contributed by atoms with van der Waals surface area (Å²) in [6, 6.07) is 9.73. The molecule has 0 bridgehead atoms. The molecule has 1 aliphatic heterocycles. The van der Waals surface area contributed by atoms with Gasteiger partial charge in [0, 0.05) is 24.7 Å². The maximum Gasteiger partial charge on any atom is 0.276 e. The van der Waals surface area contributed by atoms with Gasteiger partial charge in [0.25, 0.3) is 5.91 Å². The Morgan fingerprint density at radius 2 is 2.05 bits per heavy atom. The Balaban J connectivity index is 1.77. The van der Waals surface area contributed by atoms with Gasteiger partial charge < -0.3 is 9.42 Å². The second-order valence-electron chi connectivity index (χ2n) is 5.92. The first kappa shape index (κ1) is 13.9. The Labute approximate surface area is 124 Å². The molecule has 110 valence electrons. The van der Waals surface area contributed by atoms with Crippen molar-refractivity contribution in [2.24, 2.45) is 5.92 Å². The molecular weight excluding hydrogens is 264 g/mol. The molecule has 0 saturated carbocycles. The lowest BCUT2D eigenvalue weighted by Crippen LogP contribution is -2.38. The van der Waals surface area contributed by atoms with E-state index < -0.39 is 0 Å². The molecule has 3 rings (SSSR count). The molecule has 0 N–H and O–H groups in total. The van der Waals surface area contributed by atoms with Crippen LogP contribution in [0.2, 0.25) is 0 Å². The van der Waals surface area contributed by atoms with Crippen LogP contribution in [-0.4, -0.2) is 29.1 Å². The van der Waals surface area contributed by atoms with Crippen molar-refractivity contribution in [2.75, 3.05) is 13.1 Å². The monoisotopic (exact) mass is 284 g/mol. The highest BCUT2D eigenvalue weighted by atomic mass is 16.5. The van der Waals surface area contributed by atoms with E-state index in [0.717, 1.165) is 37.1 Å². The average Bonchev–Trinajstić information content (AvgIpc) is 2.97. The summed E-state index contributed by atoms with van der Waals surface area (Å²) in [7, 11) is 0. The number of carbonyl (C=O) groups excluding carboxylic acids is 1. The maximum absolute atomic E-state index is 12.4. The van der Waals surface area contributed by atoms with Crippen molar-refractivity contribution in [3.8, 4) is 11.3 Å². The highest BCUT2D eigenvalue weighted by Gasteiger charge is 2.24. The summed E-state index contributed by atoms with van der Waals surface area (Å²) in [6.45, 7) is 5.88. The molecule has 0 spiro atoms. The van der Waals surface area contributed by atoms with E-state index in [4.69, 9.17) is 4.52 Å². The molecule has 1 saturated heterocycles. The standard InChI is InChI=1S/C17H20N2O2/c1-12-6-8-19(9-7-12)17(20)15-11-16(21-18-15)14-5-3-4-13(2)10-14/h3-5,10-12H,6-9H2,1-2H3. The fourth-order valence-corrected chi connectivity index (χ4v) is 2.68. The van der Waals surface area contributed by atoms with E-state index in [1.807, 2.05) is 36.1 Å². The van der Waals surface area contributed by atoms with Crippen molar-refractivity contribution in [3.05, 3.63) is 41.6 Å². The number of aromatic nitrogens is 1. The van der Waals surface area contributed by atoms with Crippen LogP contribution in [0.25, 0.3) is 11.3 Å². The summed E-state index contributed by atoms with van der Waals surface area (Å²) < 4.78 is 5.34. The Morgan fingerprint density at radius 3 is 2.76 bits per heavy atom. The van der Waals surface area contributed by atoms with Crippen LogP contribution in [0.15, 0.2) is 34.9 Å². The van der Waals surface area contributed by atoms with Gasteiger partial charge in [-0.25, -0.2) is 0 Å². The molecule has 2 aromatic rings. The largest absolute Gasteiger partial charge is 0.355 e. The van der Waals surface area contributed by atoms with Crippen LogP contribution in [0, 0.1) is 12.8 Å². The van der Waals surface area contributed by atoms with Crippen LogP contribution in [0.1, 0.15) is 35.8 Å². The Morgan fingerprint density at radius 1 is 1.29 bits per heavy atom. The molecule has 4 heteroatoms. The minimum absolute atomic E-state index is 0.0236. The molecule has 1 fully saturated rings. The van der Waals surface area contributed by atoms with Crippen molar-refractivity contribution in [1.82, 2.24) is 10.1 Å². The zero-order valence-electron chi connectivity index (χ0n) is 12.5. The van der Waals surface area contributed by atoms with Crippen molar-refractivity contribution in [3.63, 3.8) is 0 Å². The van der Waals surface area contributed by atoms with Crippen molar-refractivity contribution < 1.29 is 9.32 Å². The molecule has 4 nitrogen and oxygen atoms in total. The fourth-order valence-electron chi connectivity index (χ4n) is 2.68. The van der Waals surface area contributed by atoms with Crippen molar-refractivity contribution >= 4 is 5.91 Å². The third-order valence-electron chi connectivity index (χ3n) is 4.10.